The summed E-state index contributed by atoms with van der Waals surface area (Å²) in [5, 5.41) is 10.8. The largest absolute Gasteiger partial charge is 0.507 e. The zero-order valence-electron chi connectivity index (χ0n) is 16.3. The Kier molecular flexibility index (Phi) is 4.94. The molecule has 0 aromatic heterocycles. The van der Waals surface area contributed by atoms with Crippen LogP contribution in [0, 0.1) is 0 Å². The van der Waals surface area contributed by atoms with Crippen LogP contribution in [0.25, 0.3) is 6.08 Å². The molecule has 0 spiro atoms. The van der Waals surface area contributed by atoms with Crippen molar-refractivity contribution in [2.45, 2.75) is 65.7 Å². The van der Waals surface area contributed by atoms with E-state index < -0.39 is 10.0 Å². The fourth-order valence-electron chi connectivity index (χ4n) is 3.05. The van der Waals surface area contributed by atoms with Crippen LogP contribution >= 0.6 is 0 Å². The average molecular weight is 365 g/mol. The summed E-state index contributed by atoms with van der Waals surface area (Å²) < 4.78 is 26.5. The van der Waals surface area contributed by atoms with Crippen molar-refractivity contribution < 1.29 is 17.5 Å². The molecule has 0 unspecified atom stereocenters. The van der Waals surface area contributed by atoms with E-state index in [1.165, 1.54) is 3.98 Å². The van der Waals surface area contributed by atoms with E-state index in [1.54, 1.807) is 12.3 Å². The summed E-state index contributed by atoms with van der Waals surface area (Å²) in [6, 6.07) is 3.81. The van der Waals surface area contributed by atoms with Gasteiger partial charge < -0.3 is 5.11 Å². The molecule has 138 valence electrons. The number of rotatable bonds is 2. The molecular formula is C20H30NO3S+. The number of allylic oxidation sites excluding steroid dienone is 1. The number of hydrogen-bond acceptors (Lipinski definition) is 3. The highest BCUT2D eigenvalue weighted by molar-refractivity contribution is 7.90. The number of phenols is 1. The molecule has 1 aliphatic heterocycles. The fraction of sp³-hybridized carbons (Fsp3) is 0.550. The SMILES string of the molecule is CC[N+]1=CC/C(=C/c2cc(C(C)(C)C)c(O)c(C(C)(C)C)c2)S1(=O)=O. The maximum absolute atomic E-state index is 12.5. The van der Waals surface area contributed by atoms with E-state index in [-0.39, 0.29) is 10.8 Å². The number of sulfonamides is 1. The molecule has 0 radical (unpaired) electrons. The summed E-state index contributed by atoms with van der Waals surface area (Å²) in [7, 11) is -3.41. The highest BCUT2D eigenvalue weighted by Crippen LogP contribution is 2.40. The summed E-state index contributed by atoms with van der Waals surface area (Å²) in [6.07, 6.45) is 3.87. The Morgan fingerprint density at radius 2 is 1.56 bits per heavy atom. The molecule has 0 bridgehead atoms. The van der Waals surface area contributed by atoms with E-state index in [9.17, 15) is 13.5 Å². The van der Waals surface area contributed by atoms with Gasteiger partial charge in [-0.15, -0.1) is 3.98 Å². The molecule has 25 heavy (non-hydrogen) atoms. The lowest BCUT2D eigenvalue weighted by Gasteiger charge is -2.28. The van der Waals surface area contributed by atoms with Gasteiger partial charge in [0.15, 0.2) is 12.8 Å². The summed E-state index contributed by atoms with van der Waals surface area (Å²) >= 11 is 0. The third kappa shape index (κ3) is 3.81. The fourth-order valence-corrected chi connectivity index (χ4v) is 4.53. The van der Waals surface area contributed by atoms with E-state index in [1.807, 2.05) is 60.6 Å². The average Bonchev–Trinajstić information content (AvgIpc) is 2.72. The highest BCUT2D eigenvalue weighted by atomic mass is 32.2. The van der Waals surface area contributed by atoms with Crippen LogP contribution < -0.4 is 0 Å². The number of hydrogen-bond donors (Lipinski definition) is 1. The van der Waals surface area contributed by atoms with Crippen LogP contribution in [0.1, 0.15) is 71.6 Å². The number of nitrogens with zero attached hydrogens (tertiary/aromatic N) is 1. The van der Waals surface area contributed by atoms with Crippen LogP contribution in [-0.2, 0) is 20.9 Å². The van der Waals surface area contributed by atoms with Gasteiger partial charge >= 0.3 is 10.0 Å². The van der Waals surface area contributed by atoms with Crippen molar-refractivity contribution >= 4 is 22.3 Å². The van der Waals surface area contributed by atoms with Crippen LogP contribution in [0.3, 0.4) is 0 Å². The number of benzene rings is 1. The van der Waals surface area contributed by atoms with Crippen LogP contribution in [0.2, 0.25) is 0 Å². The molecule has 1 aromatic carbocycles. The lowest BCUT2D eigenvalue weighted by atomic mass is 9.78. The minimum absolute atomic E-state index is 0.241. The van der Waals surface area contributed by atoms with Gasteiger partial charge in [0.2, 0.25) is 0 Å². The van der Waals surface area contributed by atoms with Crippen molar-refractivity contribution in [2.75, 3.05) is 6.54 Å². The minimum atomic E-state index is -3.41. The molecular weight excluding hydrogens is 334 g/mol. The van der Waals surface area contributed by atoms with Gasteiger partial charge in [0.25, 0.3) is 0 Å². The zero-order valence-corrected chi connectivity index (χ0v) is 17.2. The second kappa shape index (κ2) is 6.27. The first-order chi connectivity index (χ1) is 11.3. The van der Waals surface area contributed by atoms with Gasteiger partial charge in [0, 0.05) is 11.1 Å². The van der Waals surface area contributed by atoms with Crippen LogP contribution in [0.5, 0.6) is 5.75 Å². The Balaban J connectivity index is 2.67. The Morgan fingerprint density at radius 3 is 1.92 bits per heavy atom. The molecule has 0 saturated heterocycles. The van der Waals surface area contributed by atoms with Crippen molar-refractivity contribution in [2.24, 2.45) is 0 Å². The van der Waals surface area contributed by atoms with Crippen molar-refractivity contribution in [3.8, 4) is 5.75 Å². The monoisotopic (exact) mass is 364 g/mol. The van der Waals surface area contributed by atoms with E-state index >= 15 is 0 Å². The molecule has 1 aliphatic rings. The molecule has 0 amide bonds. The molecule has 1 N–H and O–H groups in total. The molecule has 0 atom stereocenters. The normalized spacial score (nSPS) is 19.3. The molecule has 5 heteroatoms. The molecule has 0 fully saturated rings. The first kappa shape index (κ1) is 19.7. The summed E-state index contributed by atoms with van der Waals surface area (Å²) in [6.45, 7) is 14.5. The maximum atomic E-state index is 12.5. The topological polar surface area (TPSA) is 57.4 Å². The van der Waals surface area contributed by atoms with Gasteiger partial charge in [-0.25, -0.2) is 0 Å². The van der Waals surface area contributed by atoms with Crippen molar-refractivity contribution in [3.63, 3.8) is 0 Å². The van der Waals surface area contributed by atoms with Gasteiger partial charge in [0.05, 0.1) is 6.42 Å². The smallest absolute Gasteiger partial charge is 0.391 e. The summed E-state index contributed by atoms with van der Waals surface area (Å²) in [5.41, 5.74) is 2.00. The van der Waals surface area contributed by atoms with E-state index in [2.05, 4.69) is 0 Å². The number of phenolic OH excluding ortho intramolecular Hbond substituents is 1. The van der Waals surface area contributed by atoms with Gasteiger partial charge in [-0.2, -0.15) is 8.42 Å². The predicted octanol–water partition coefficient (Wildman–Crippen LogP) is 4.16. The Morgan fingerprint density at radius 1 is 1.08 bits per heavy atom. The summed E-state index contributed by atoms with van der Waals surface area (Å²) in [4.78, 5) is 0.403. The van der Waals surface area contributed by atoms with Crippen LogP contribution in [0.15, 0.2) is 17.0 Å². The third-order valence-corrected chi connectivity index (χ3v) is 6.50. The molecule has 1 heterocycles. The standard InChI is InChI=1S/C20H29NO3S/c1-8-21-10-9-15(25(21,23)24)11-14-12-16(19(2,3)4)18(22)17(13-14)20(5,6)7/h10-13H,8-9H2,1-7H3/p+1/b15-11-. The Hall–Kier alpha value is -1.62. The molecule has 4 nitrogen and oxygen atoms in total. The van der Waals surface area contributed by atoms with Crippen molar-refractivity contribution in [1.82, 2.24) is 0 Å². The first-order valence-corrected chi connectivity index (χ1v) is 10.2. The minimum Gasteiger partial charge on any atom is -0.507 e. The van der Waals surface area contributed by atoms with Gasteiger partial charge in [-0.1, -0.05) is 41.5 Å². The van der Waals surface area contributed by atoms with Gasteiger partial charge in [-0.05, 0) is 41.5 Å². The molecule has 0 aliphatic carbocycles. The zero-order chi connectivity index (χ0) is 19.2. The van der Waals surface area contributed by atoms with Gasteiger partial charge in [-0.3, -0.25) is 0 Å². The van der Waals surface area contributed by atoms with E-state index in [0.29, 0.717) is 23.6 Å². The second-order valence-corrected chi connectivity index (χ2v) is 10.6. The van der Waals surface area contributed by atoms with Crippen molar-refractivity contribution in [3.05, 3.63) is 33.7 Å². The second-order valence-electron chi connectivity index (χ2n) is 8.67. The lowest BCUT2D eigenvalue weighted by Crippen LogP contribution is -2.18. The van der Waals surface area contributed by atoms with Gasteiger partial charge in [0.1, 0.15) is 10.7 Å². The van der Waals surface area contributed by atoms with Crippen molar-refractivity contribution in [1.29, 1.82) is 0 Å². The highest BCUT2D eigenvalue weighted by Gasteiger charge is 2.35. The van der Waals surface area contributed by atoms with E-state index in [4.69, 9.17) is 0 Å². The van der Waals surface area contributed by atoms with E-state index in [0.717, 1.165) is 16.7 Å². The first-order valence-electron chi connectivity index (χ1n) is 8.72. The predicted molar refractivity (Wildman–Crippen MR) is 104 cm³/mol. The summed E-state index contributed by atoms with van der Waals surface area (Å²) in [5.74, 6) is 0.304. The quantitative estimate of drug-likeness (QED) is 0.802. The Bertz CT molecular complexity index is 813. The van der Waals surface area contributed by atoms with Crippen LogP contribution in [0.4, 0.5) is 0 Å². The van der Waals surface area contributed by atoms with Crippen LogP contribution in [-0.4, -0.2) is 30.3 Å². The maximum Gasteiger partial charge on any atom is 0.391 e. The molecule has 2 rings (SSSR count). The molecule has 1 aromatic rings. The third-order valence-electron chi connectivity index (χ3n) is 4.52. The molecule has 0 saturated carbocycles. The Labute approximate surface area is 152 Å². The number of aromatic hydroxyl groups is 1. The lowest BCUT2D eigenvalue weighted by molar-refractivity contribution is -0.351.